The third kappa shape index (κ3) is 5.33. The van der Waals surface area contributed by atoms with Crippen LogP contribution in [0.1, 0.15) is 42.7 Å². The lowest BCUT2D eigenvalue weighted by Crippen LogP contribution is -2.32. The highest BCUT2D eigenvalue weighted by molar-refractivity contribution is 6.34. The summed E-state index contributed by atoms with van der Waals surface area (Å²) in [7, 11) is 0. The molecule has 4 nitrogen and oxygen atoms in total. The van der Waals surface area contributed by atoms with E-state index in [0.29, 0.717) is 32.8 Å². The van der Waals surface area contributed by atoms with Crippen molar-refractivity contribution in [2.75, 3.05) is 5.73 Å². The number of benzene rings is 2. The van der Waals surface area contributed by atoms with Crippen LogP contribution >= 0.6 is 34.8 Å². The van der Waals surface area contributed by atoms with Crippen LogP contribution in [0.3, 0.4) is 0 Å². The van der Waals surface area contributed by atoms with Gasteiger partial charge in [-0.3, -0.25) is 0 Å². The average molecular weight is 452 g/mol. The summed E-state index contributed by atoms with van der Waals surface area (Å²) in [6.07, 6.45) is 4.48. The van der Waals surface area contributed by atoms with Crippen LogP contribution in [0.2, 0.25) is 15.1 Å². The number of hydrogen-bond acceptors (Lipinski definition) is 4. The second-order valence-electron chi connectivity index (χ2n) is 7.50. The van der Waals surface area contributed by atoms with E-state index in [2.05, 4.69) is 16.4 Å². The van der Waals surface area contributed by atoms with Gasteiger partial charge in [-0.05, 0) is 79.1 Å². The Morgan fingerprint density at radius 3 is 2.28 bits per heavy atom. The highest BCUT2D eigenvalue weighted by Crippen LogP contribution is 2.37. The molecule has 29 heavy (non-hydrogen) atoms. The molecular formula is C22H25Cl3N4. The molecule has 1 fully saturated rings. The Morgan fingerprint density at radius 1 is 0.897 bits per heavy atom. The van der Waals surface area contributed by atoms with Gasteiger partial charge >= 0.3 is 0 Å². The normalized spacial score (nSPS) is 19.1. The lowest BCUT2D eigenvalue weighted by molar-refractivity contribution is 0.342. The number of pyridine rings is 1. The van der Waals surface area contributed by atoms with Crippen LogP contribution in [0.25, 0.3) is 10.9 Å². The Bertz CT molecular complexity index is 975. The van der Waals surface area contributed by atoms with E-state index in [4.69, 9.17) is 40.5 Å². The fraction of sp³-hybridized carbons (Fsp3) is 0.318. The summed E-state index contributed by atoms with van der Waals surface area (Å²) in [6.45, 7) is 0.777. The summed E-state index contributed by atoms with van der Waals surface area (Å²) in [4.78, 5) is 4.44. The summed E-state index contributed by atoms with van der Waals surface area (Å²) >= 11 is 18.3. The Hall–Kier alpha value is -1.56. The van der Waals surface area contributed by atoms with Crippen molar-refractivity contribution in [2.24, 2.45) is 0 Å². The molecule has 1 saturated carbocycles. The molecular weight excluding hydrogens is 427 g/mol. The van der Waals surface area contributed by atoms with Crippen molar-refractivity contribution in [3.05, 3.63) is 68.7 Å². The van der Waals surface area contributed by atoms with Crippen LogP contribution < -0.4 is 17.2 Å². The third-order valence-electron chi connectivity index (χ3n) is 5.51. The number of anilines is 1. The van der Waals surface area contributed by atoms with Crippen LogP contribution in [-0.2, 0) is 6.54 Å². The molecule has 0 radical (unpaired) electrons. The molecule has 2 aromatic carbocycles. The van der Waals surface area contributed by atoms with Crippen LogP contribution in [0, 0.1) is 0 Å². The maximum absolute atomic E-state index is 6.13. The van der Waals surface area contributed by atoms with Crippen molar-refractivity contribution in [3.63, 3.8) is 0 Å². The fourth-order valence-corrected chi connectivity index (χ4v) is 4.91. The van der Waals surface area contributed by atoms with Crippen molar-refractivity contribution in [3.8, 4) is 0 Å². The molecule has 0 bridgehead atoms. The summed E-state index contributed by atoms with van der Waals surface area (Å²) < 4.78 is 0. The summed E-state index contributed by atoms with van der Waals surface area (Å²) in [5.74, 6) is 1.05. The molecule has 0 saturated heterocycles. The molecule has 0 spiro atoms. The third-order valence-corrected chi connectivity index (χ3v) is 6.18. The zero-order chi connectivity index (χ0) is 19.7. The molecule has 1 aliphatic rings. The molecule has 4 rings (SSSR count). The van der Waals surface area contributed by atoms with Crippen LogP contribution in [0.15, 0.2) is 42.5 Å². The highest BCUT2D eigenvalue weighted by atomic mass is 35.5. The van der Waals surface area contributed by atoms with Gasteiger partial charge in [0.1, 0.15) is 5.82 Å². The molecule has 0 amide bonds. The number of halogens is 3. The number of nitrogens with one attached hydrogen (secondary N) is 1. The monoisotopic (exact) mass is 450 g/mol. The van der Waals surface area contributed by atoms with Crippen LogP contribution in [0.5, 0.6) is 0 Å². The molecule has 0 atom stereocenters. The number of nitrogens with two attached hydrogens (primary N) is 1. The van der Waals surface area contributed by atoms with Crippen molar-refractivity contribution in [1.82, 2.24) is 16.5 Å². The van der Waals surface area contributed by atoms with E-state index in [-0.39, 0.29) is 6.15 Å². The number of aromatic nitrogens is 1. The maximum Gasteiger partial charge on any atom is 0.124 e. The van der Waals surface area contributed by atoms with Crippen molar-refractivity contribution >= 4 is 51.5 Å². The van der Waals surface area contributed by atoms with Crippen molar-refractivity contribution < 1.29 is 0 Å². The van der Waals surface area contributed by atoms with E-state index >= 15 is 0 Å². The van der Waals surface area contributed by atoms with E-state index in [1.165, 1.54) is 5.56 Å². The minimum absolute atomic E-state index is 0. The number of rotatable bonds is 4. The second kappa shape index (κ2) is 9.50. The predicted molar refractivity (Wildman–Crippen MR) is 124 cm³/mol. The molecule has 0 unspecified atom stereocenters. The number of hydrogen-bond donors (Lipinski definition) is 3. The SMILES string of the molecule is N.Nc1cc(C2CCC(NCc3cc(Cl)cc(Cl)c3)CC2)c2ccc(Cl)cc2n1. The van der Waals surface area contributed by atoms with Gasteiger partial charge in [-0.15, -0.1) is 0 Å². The number of nitrogens with zero attached hydrogens (tertiary/aromatic N) is 1. The minimum atomic E-state index is 0. The van der Waals surface area contributed by atoms with Gasteiger partial charge in [0.15, 0.2) is 0 Å². The largest absolute Gasteiger partial charge is 0.384 e. The Labute approximate surface area is 186 Å². The highest BCUT2D eigenvalue weighted by Gasteiger charge is 2.24. The summed E-state index contributed by atoms with van der Waals surface area (Å²) in [5.41, 5.74) is 9.34. The Morgan fingerprint density at radius 2 is 1.59 bits per heavy atom. The van der Waals surface area contributed by atoms with Gasteiger partial charge < -0.3 is 17.2 Å². The fourth-order valence-electron chi connectivity index (χ4n) is 4.17. The van der Waals surface area contributed by atoms with Gasteiger partial charge in [0.05, 0.1) is 5.52 Å². The lowest BCUT2D eigenvalue weighted by Gasteiger charge is -2.30. The quantitative estimate of drug-likeness (QED) is 0.409. The van der Waals surface area contributed by atoms with Crippen LogP contribution in [-0.4, -0.2) is 11.0 Å². The van der Waals surface area contributed by atoms with E-state index < -0.39 is 0 Å². The molecule has 1 aliphatic carbocycles. The lowest BCUT2D eigenvalue weighted by atomic mass is 9.80. The van der Waals surface area contributed by atoms with Gasteiger partial charge in [-0.1, -0.05) is 40.9 Å². The molecule has 1 aromatic heterocycles. The number of nitrogen functional groups attached to an aromatic ring is 1. The number of fused-ring (bicyclic) bond motifs is 1. The topological polar surface area (TPSA) is 85.9 Å². The first kappa shape index (κ1) is 22.1. The smallest absolute Gasteiger partial charge is 0.124 e. The van der Waals surface area contributed by atoms with Gasteiger partial charge in [0, 0.05) is 33.0 Å². The Balaban J connectivity index is 0.00000240. The van der Waals surface area contributed by atoms with E-state index in [1.54, 1.807) is 6.07 Å². The molecule has 6 N–H and O–H groups in total. The van der Waals surface area contributed by atoms with E-state index in [9.17, 15) is 0 Å². The molecule has 3 aromatic rings. The summed E-state index contributed by atoms with van der Waals surface area (Å²) in [5, 5.41) is 6.84. The first-order valence-electron chi connectivity index (χ1n) is 9.52. The molecule has 7 heteroatoms. The zero-order valence-corrected chi connectivity index (χ0v) is 18.4. The average Bonchev–Trinajstić information content (AvgIpc) is 2.65. The summed E-state index contributed by atoms with van der Waals surface area (Å²) in [6, 6.07) is 14.1. The maximum atomic E-state index is 6.13. The zero-order valence-electron chi connectivity index (χ0n) is 16.1. The van der Waals surface area contributed by atoms with Gasteiger partial charge in [-0.2, -0.15) is 0 Å². The van der Waals surface area contributed by atoms with Crippen molar-refractivity contribution in [1.29, 1.82) is 0 Å². The minimum Gasteiger partial charge on any atom is -0.384 e. The van der Waals surface area contributed by atoms with Gasteiger partial charge in [0.25, 0.3) is 0 Å². The van der Waals surface area contributed by atoms with E-state index in [1.807, 2.05) is 30.3 Å². The van der Waals surface area contributed by atoms with Gasteiger partial charge in [-0.25, -0.2) is 4.98 Å². The standard InChI is InChI=1S/C22H22Cl3N3.H3N/c23-15-3-6-19-20(11-22(26)28-21(19)10-15)14-1-4-18(5-2-14)27-12-13-7-16(24)9-17(25)8-13;/h3,6-11,14,18,27H,1-2,4-5,12H2,(H2,26,28);1H3. The first-order chi connectivity index (χ1) is 13.5. The molecule has 0 aliphatic heterocycles. The second-order valence-corrected chi connectivity index (χ2v) is 8.81. The Kier molecular flexibility index (Phi) is 7.25. The molecule has 154 valence electrons. The van der Waals surface area contributed by atoms with Crippen LogP contribution in [0.4, 0.5) is 5.82 Å². The van der Waals surface area contributed by atoms with E-state index in [0.717, 1.165) is 48.7 Å². The first-order valence-corrected chi connectivity index (χ1v) is 10.7. The van der Waals surface area contributed by atoms with Crippen molar-refractivity contribution in [2.45, 2.75) is 44.2 Å². The molecule has 1 heterocycles. The van der Waals surface area contributed by atoms with Gasteiger partial charge in [0.2, 0.25) is 0 Å². The predicted octanol–water partition coefficient (Wildman–Crippen LogP) is 6.76.